The molecule has 1 aliphatic heterocycles. The molecule has 1 N–H and O–H groups in total. The van der Waals surface area contributed by atoms with Gasteiger partial charge in [0, 0.05) is 19.1 Å². The Morgan fingerprint density at radius 2 is 2.45 bits per heavy atom. The molecule has 0 saturated carbocycles. The average Bonchev–Trinajstić information content (AvgIpc) is 2.98. The van der Waals surface area contributed by atoms with Crippen LogP contribution in [0, 0.1) is 11.3 Å². The molecule has 5 heteroatoms. The maximum atomic E-state index is 11.9. The number of carbonyl (C=O) groups excluding carboxylic acids is 1. The van der Waals surface area contributed by atoms with Crippen LogP contribution in [0.4, 0.5) is 5.69 Å². The molecule has 1 atom stereocenters. The second-order valence-corrected chi connectivity index (χ2v) is 4.75. The fraction of sp³-hybridized carbons (Fsp3) is 0.467. The van der Waals surface area contributed by atoms with E-state index in [9.17, 15) is 4.79 Å². The zero-order valence-electron chi connectivity index (χ0n) is 11.5. The highest BCUT2D eigenvalue weighted by Crippen LogP contribution is 2.23. The summed E-state index contributed by atoms with van der Waals surface area (Å²) in [6.45, 7) is 0.792. The Bertz CT molecular complexity index is 516. The van der Waals surface area contributed by atoms with Gasteiger partial charge in [0.15, 0.2) is 0 Å². The third-order valence-corrected chi connectivity index (χ3v) is 3.34. The molecule has 0 aliphatic carbocycles. The summed E-state index contributed by atoms with van der Waals surface area (Å²) >= 11 is 0. The molecule has 0 unspecified atom stereocenters. The highest BCUT2D eigenvalue weighted by Gasteiger charge is 2.17. The first kappa shape index (κ1) is 14.4. The molecule has 1 heterocycles. The van der Waals surface area contributed by atoms with Gasteiger partial charge in [0.05, 0.1) is 24.5 Å². The number of hydrogen-bond acceptors (Lipinski definition) is 4. The topological polar surface area (TPSA) is 71.3 Å². The van der Waals surface area contributed by atoms with E-state index in [1.54, 1.807) is 25.3 Å². The molecule has 5 nitrogen and oxygen atoms in total. The van der Waals surface area contributed by atoms with Crippen molar-refractivity contribution in [2.24, 2.45) is 0 Å². The van der Waals surface area contributed by atoms with Gasteiger partial charge >= 0.3 is 0 Å². The van der Waals surface area contributed by atoms with Crippen molar-refractivity contribution in [3.8, 4) is 11.8 Å². The molecule has 0 spiro atoms. The Balaban J connectivity index is 1.94. The molecule has 106 valence electrons. The molecule has 1 aromatic carbocycles. The first-order valence-electron chi connectivity index (χ1n) is 6.72. The van der Waals surface area contributed by atoms with Gasteiger partial charge in [-0.2, -0.15) is 5.26 Å². The number of nitrogens with zero attached hydrogens (tertiary/aromatic N) is 1. The van der Waals surface area contributed by atoms with Gasteiger partial charge in [-0.05, 0) is 31.4 Å². The summed E-state index contributed by atoms with van der Waals surface area (Å²) in [5.41, 5.74) is 0.917. The predicted molar refractivity (Wildman–Crippen MR) is 74.5 cm³/mol. The summed E-state index contributed by atoms with van der Waals surface area (Å²) in [5, 5.41) is 11.8. The van der Waals surface area contributed by atoms with Crippen LogP contribution in [0.5, 0.6) is 5.75 Å². The SMILES string of the molecule is COc1ccc(C#N)c(NC(=O)CC[C@H]2CCCO2)c1. The molecule has 20 heavy (non-hydrogen) atoms. The largest absolute Gasteiger partial charge is 0.497 e. The average molecular weight is 274 g/mol. The fourth-order valence-electron chi connectivity index (χ4n) is 2.23. The Morgan fingerprint density at radius 1 is 1.60 bits per heavy atom. The van der Waals surface area contributed by atoms with Crippen LogP contribution in [0.25, 0.3) is 0 Å². The number of rotatable bonds is 5. The van der Waals surface area contributed by atoms with Crippen LogP contribution in [0.3, 0.4) is 0 Å². The predicted octanol–water partition coefficient (Wildman–Crippen LogP) is 2.46. The minimum Gasteiger partial charge on any atom is -0.497 e. The number of benzene rings is 1. The molecule has 1 amide bonds. The second kappa shape index (κ2) is 6.92. The third kappa shape index (κ3) is 3.72. The Labute approximate surface area is 118 Å². The number of methoxy groups -OCH3 is 1. The number of anilines is 1. The van der Waals surface area contributed by atoms with E-state index in [0.717, 1.165) is 25.9 Å². The summed E-state index contributed by atoms with van der Waals surface area (Å²) in [6, 6.07) is 7.04. The molecule has 0 bridgehead atoms. The maximum absolute atomic E-state index is 11.9. The van der Waals surface area contributed by atoms with Crippen molar-refractivity contribution < 1.29 is 14.3 Å². The molecule has 0 aromatic heterocycles. The van der Waals surface area contributed by atoms with Crippen LogP contribution in [-0.2, 0) is 9.53 Å². The number of carbonyl (C=O) groups is 1. The highest BCUT2D eigenvalue weighted by molar-refractivity contribution is 5.92. The van der Waals surface area contributed by atoms with Crippen molar-refractivity contribution in [1.29, 1.82) is 5.26 Å². The lowest BCUT2D eigenvalue weighted by Crippen LogP contribution is -2.16. The quantitative estimate of drug-likeness (QED) is 0.895. The zero-order chi connectivity index (χ0) is 14.4. The van der Waals surface area contributed by atoms with E-state index in [1.807, 2.05) is 0 Å². The second-order valence-electron chi connectivity index (χ2n) is 4.75. The lowest BCUT2D eigenvalue weighted by Gasteiger charge is -2.11. The molecule has 0 radical (unpaired) electrons. The fourth-order valence-corrected chi connectivity index (χ4v) is 2.23. The summed E-state index contributed by atoms with van der Waals surface area (Å²) in [5.74, 6) is 0.503. The summed E-state index contributed by atoms with van der Waals surface area (Å²) in [7, 11) is 1.55. The van der Waals surface area contributed by atoms with Crippen molar-refractivity contribution in [1.82, 2.24) is 0 Å². The first-order chi connectivity index (χ1) is 9.72. The summed E-state index contributed by atoms with van der Waals surface area (Å²) < 4.78 is 10.6. The number of nitriles is 1. The normalized spacial score (nSPS) is 17.5. The molecule has 2 rings (SSSR count). The van der Waals surface area contributed by atoms with Crippen LogP contribution < -0.4 is 10.1 Å². The van der Waals surface area contributed by atoms with E-state index in [-0.39, 0.29) is 12.0 Å². The highest BCUT2D eigenvalue weighted by atomic mass is 16.5. The van der Waals surface area contributed by atoms with Crippen molar-refractivity contribution in [2.45, 2.75) is 31.8 Å². The van der Waals surface area contributed by atoms with Crippen molar-refractivity contribution in [2.75, 3.05) is 19.0 Å². The van der Waals surface area contributed by atoms with E-state index >= 15 is 0 Å². The minimum atomic E-state index is -0.106. The number of amides is 1. The molecular formula is C15H18N2O3. The van der Waals surface area contributed by atoms with E-state index in [2.05, 4.69) is 11.4 Å². The zero-order valence-corrected chi connectivity index (χ0v) is 11.5. The van der Waals surface area contributed by atoms with Gasteiger partial charge in [-0.25, -0.2) is 0 Å². The van der Waals surface area contributed by atoms with Gasteiger partial charge < -0.3 is 14.8 Å². The van der Waals surface area contributed by atoms with Crippen LogP contribution >= 0.6 is 0 Å². The smallest absolute Gasteiger partial charge is 0.224 e. The Hall–Kier alpha value is -2.06. The van der Waals surface area contributed by atoms with E-state index < -0.39 is 0 Å². The molecule has 1 saturated heterocycles. The summed E-state index contributed by atoms with van der Waals surface area (Å²) in [6.07, 6.45) is 3.41. The van der Waals surface area contributed by atoms with Crippen molar-refractivity contribution in [3.63, 3.8) is 0 Å². The monoisotopic (exact) mass is 274 g/mol. The first-order valence-corrected chi connectivity index (χ1v) is 6.72. The Kier molecular flexibility index (Phi) is 4.97. The Morgan fingerprint density at radius 3 is 3.10 bits per heavy atom. The van der Waals surface area contributed by atoms with E-state index in [4.69, 9.17) is 14.7 Å². The van der Waals surface area contributed by atoms with Crippen LogP contribution in [-0.4, -0.2) is 25.7 Å². The molecule has 1 aromatic rings. The number of ether oxygens (including phenoxy) is 2. The van der Waals surface area contributed by atoms with Crippen molar-refractivity contribution in [3.05, 3.63) is 23.8 Å². The number of hydrogen-bond donors (Lipinski definition) is 1. The van der Waals surface area contributed by atoms with Gasteiger partial charge in [0.2, 0.25) is 5.91 Å². The van der Waals surface area contributed by atoms with Gasteiger partial charge in [-0.15, -0.1) is 0 Å². The van der Waals surface area contributed by atoms with Crippen LogP contribution in [0.2, 0.25) is 0 Å². The van der Waals surface area contributed by atoms with Gasteiger partial charge in [0.25, 0.3) is 0 Å². The minimum absolute atomic E-state index is 0.106. The molecular weight excluding hydrogens is 256 g/mol. The van der Waals surface area contributed by atoms with Crippen LogP contribution in [0.15, 0.2) is 18.2 Å². The lowest BCUT2D eigenvalue weighted by molar-refractivity contribution is -0.116. The molecule has 1 aliphatic rings. The summed E-state index contributed by atoms with van der Waals surface area (Å²) in [4.78, 5) is 11.9. The lowest BCUT2D eigenvalue weighted by atomic mass is 10.1. The number of nitrogens with one attached hydrogen (secondary N) is 1. The van der Waals surface area contributed by atoms with Crippen molar-refractivity contribution >= 4 is 11.6 Å². The van der Waals surface area contributed by atoms with E-state index in [1.165, 1.54) is 0 Å². The van der Waals surface area contributed by atoms with Crippen LogP contribution in [0.1, 0.15) is 31.2 Å². The van der Waals surface area contributed by atoms with E-state index in [0.29, 0.717) is 23.4 Å². The maximum Gasteiger partial charge on any atom is 0.224 e. The van der Waals surface area contributed by atoms with Gasteiger partial charge in [0.1, 0.15) is 11.8 Å². The van der Waals surface area contributed by atoms with Gasteiger partial charge in [-0.3, -0.25) is 4.79 Å². The molecule has 1 fully saturated rings. The van der Waals surface area contributed by atoms with Gasteiger partial charge in [-0.1, -0.05) is 0 Å². The standard InChI is InChI=1S/C15H18N2O3/c1-19-13-5-4-11(10-16)14(9-13)17-15(18)7-6-12-3-2-8-20-12/h4-5,9,12H,2-3,6-8H2,1H3,(H,17,18)/t12-/m1/s1. The third-order valence-electron chi connectivity index (χ3n) is 3.34.